The van der Waals surface area contributed by atoms with E-state index in [2.05, 4.69) is 106 Å². The van der Waals surface area contributed by atoms with E-state index in [0.29, 0.717) is 19.3 Å². The first-order valence-corrected chi connectivity index (χ1v) is 30.0. The fourth-order valence-electron chi connectivity index (χ4n) is 7.54. The van der Waals surface area contributed by atoms with Crippen LogP contribution in [0.15, 0.2) is 85.1 Å². The summed E-state index contributed by atoms with van der Waals surface area (Å²) in [4.78, 5) is 48.5. The zero-order valence-corrected chi connectivity index (χ0v) is 46.5. The van der Waals surface area contributed by atoms with Crippen LogP contribution in [0, 0.1) is 0 Å². The van der Waals surface area contributed by atoms with Crippen LogP contribution in [-0.4, -0.2) is 66.5 Å². The Balaban J connectivity index is 4.78. The molecule has 2 N–H and O–H groups in total. The van der Waals surface area contributed by atoms with Crippen molar-refractivity contribution < 1.29 is 52.2 Å². The van der Waals surface area contributed by atoms with Gasteiger partial charge in [-0.25, -0.2) is 4.57 Å². The third kappa shape index (κ3) is 51.6. The summed E-state index contributed by atoms with van der Waals surface area (Å²) in [6, 6.07) is 0. The first-order chi connectivity index (χ1) is 35.2. The molecule has 0 rings (SSSR count). The number of allylic oxidation sites excluding steroid dienone is 14. The Morgan fingerprint density at radius 1 is 0.403 bits per heavy atom. The Labute approximate surface area is 439 Å². The molecule has 0 heterocycles. The Bertz CT molecular complexity index is 1530. The van der Waals surface area contributed by atoms with Gasteiger partial charge in [-0.3, -0.25) is 23.4 Å². The van der Waals surface area contributed by atoms with Crippen LogP contribution in [0.5, 0.6) is 0 Å². The van der Waals surface area contributed by atoms with Gasteiger partial charge in [0.1, 0.15) is 12.7 Å². The SMILES string of the molecule is CC/C=C\C/C=C\C/C=C\C/C=C\CCCCC(=O)OC(COC(=O)CCCCCCC/C=C\C/C=C\C/C=C\CC)COP(=O)(O)OCC(CO)OC(=O)CCCCCCCCCCCCCCCCC. The summed E-state index contributed by atoms with van der Waals surface area (Å²) < 4.78 is 39.4. The van der Waals surface area contributed by atoms with Gasteiger partial charge in [-0.15, -0.1) is 0 Å². The van der Waals surface area contributed by atoms with Gasteiger partial charge in [-0.05, 0) is 89.9 Å². The lowest BCUT2D eigenvalue weighted by molar-refractivity contribution is -0.161. The molecule has 11 nitrogen and oxygen atoms in total. The third-order valence-corrected chi connectivity index (χ3v) is 12.8. The van der Waals surface area contributed by atoms with E-state index in [-0.39, 0.29) is 25.9 Å². The van der Waals surface area contributed by atoms with E-state index in [1.165, 1.54) is 70.6 Å². The second kappa shape index (κ2) is 53.9. The minimum Gasteiger partial charge on any atom is -0.462 e. The highest BCUT2D eigenvalue weighted by atomic mass is 31.2. The number of ether oxygens (including phenoxy) is 3. The average Bonchev–Trinajstić information content (AvgIpc) is 3.37. The van der Waals surface area contributed by atoms with Crippen LogP contribution in [0.2, 0.25) is 0 Å². The number of hydrogen-bond acceptors (Lipinski definition) is 10. The molecule has 0 aromatic carbocycles. The summed E-state index contributed by atoms with van der Waals surface area (Å²) in [7, 11) is -4.76. The van der Waals surface area contributed by atoms with Gasteiger partial charge in [0, 0.05) is 19.3 Å². The van der Waals surface area contributed by atoms with Crippen molar-refractivity contribution in [3.05, 3.63) is 85.1 Å². The molecule has 0 aromatic heterocycles. The van der Waals surface area contributed by atoms with Crippen molar-refractivity contribution >= 4 is 25.7 Å². The van der Waals surface area contributed by atoms with Crippen LogP contribution in [0.25, 0.3) is 0 Å². The molecule has 414 valence electrons. The van der Waals surface area contributed by atoms with Crippen LogP contribution in [0.4, 0.5) is 0 Å². The Hall–Kier alpha value is -3.34. The topological polar surface area (TPSA) is 155 Å². The molecule has 0 spiro atoms. The van der Waals surface area contributed by atoms with Gasteiger partial charge >= 0.3 is 25.7 Å². The molecule has 12 heteroatoms. The maximum Gasteiger partial charge on any atom is 0.472 e. The molecule has 0 amide bonds. The predicted molar refractivity (Wildman–Crippen MR) is 298 cm³/mol. The lowest BCUT2D eigenvalue weighted by atomic mass is 10.0. The van der Waals surface area contributed by atoms with Gasteiger partial charge in [0.05, 0.1) is 19.8 Å². The number of carbonyl (C=O) groups is 3. The van der Waals surface area contributed by atoms with Crippen molar-refractivity contribution in [3.63, 3.8) is 0 Å². The average molecular weight is 1030 g/mol. The minimum atomic E-state index is -4.76. The standard InChI is InChI=1S/C60H103O11P/c1-4-7-10-13-16-19-22-25-28-31-34-37-40-43-46-49-58(62)67-53-57(71-60(64)51-48-45-42-39-36-33-30-27-24-21-18-15-12-9-6-3)55-69-72(65,66)68-54-56(52-61)70-59(63)50-47-44-41-38-35-32-29-26-23-20-17-14-11-8-5-2/h7,9-10,12,16,18-19,21,25,27-28,30,36,39,56-57,61H,4-6,8,11,13-15,17,20,22-24,26,29,31-35,37-38,40-55H2,1-3H3,(H,65,66)/b10-7-,12-9-,19-16-,21-18-,28-25-,30-27-,39-36-. The van der Waals surface area contributed by atoms with E-state index < -0.39 is 57.8 Å². The molecule has 0 aliphatic rings. The number of unbranched alkanes of at least 4 members (excludes halogenated alkanes) is 21. The summed E-state index contributed by atoms with van der Waals surface area (Å²) in [6.45, 7) is 4.36. The molecule has 72 heavy (non-hydrogen) atoms. The molecule has 3 atom stereocenters. The van der Waals surface area contributed by atoms with E-state index in [1.807, 2.05) is 0 Å². The van der Waals surface area contributed by atoms with Gasteiger partial charge < -0.3 is 24.2 Å². The molecule has 0 saturated heterocycles. The fourth-order valence-corrected chi connectivity index (χ4v) is 8.32. The van der Waals surface area contributed by atoms with Crippen LogP contribution < -0.4 is 0 Å². The molecule has 0 saturated carbocycles. The number of esters is 3. The van der Waals surface area contributed by atoms with Crippen molar-refractivity contribution in [2.45, 2.75) is 251 Å². The highest BCUT2D eigenvalue weighted by Crippen LogP contribution is 2.43. The van der Waals surface area contributed by atoms with E-state index >= 15 is 0 Å². The number of aliphatic hydroxyl groups excluding tert-OH is 1. The third-order valence-electron chi connectivity index (χ3n) is 11.8. The molecular weight excluding hydrogens is 928 g/mol. The molecule has 0 aliphatic carbocycles. The highest BCUT2D eigenvalue weighted by molar-refractivity contribution is 7.47. The molecular formula is C60H103O11P. The second-order valence-corrected chi connectivity index (χ2v) is 20.1. The first-order valence-electron chi connectivity index (χ1n) is 28.5. The van der Waals surface area contributed by atoms with Crippen LogP contribution >= 0.6 is 7.82 Å². The molecule has 3 unspecified atom stereocenters. The predicted octanol–water partition coefficient (Wildman–Crippen LogP) is 16.7. The fraction of sp³-hybridized carbons (Fsp3) is 0.717. The lowest BCUT2D eigenvalue weighted by Gasteiger charge is -2.21. The lowest BCUT2D eigenvalue weighted by Crippen LogP contribution is -2.30. The Kier molecular flexibility index (Phi) is 51.4. The van der Waals surface area contributed by atoms with Crippen molar-refractivity contribution in [1.82, 2.24) is 0 Å². The zero-order chi connectivity index (χ0) is 52.7. The van der Waals surface area contributed by atoms with E-state index in [0.717, 1.165) is 109 Å². The Morgan fingerprint density at radius 3 is 1.14 bits per heavy atom. The monoisotopic (exact) mass is 1030 g/mol. The Morgan fingerprint density at radius 2 is 0.722 bits per heavy atom. The normalized spacial score (nSPS) is 14.0. The number of phosphoric ester groups is 1. The maximum atomic E-state index is 12.9. The number of phosphoric acid groups is 1. The van der Waals surface area contributed by atoms with E-state index in [1.54, 1.807) is 0 Å². The minimum absolute atomic E-state index is 0.109. The number of carbonyl (C=O) groups excluding carboxylic acids is 3. The van der Waals surface area contributed by atoms with Crippen LogP contribution in [-0.2, 0) is 42.2 Å². The van der Waals surface area contributed by atoms with Crippen molar-refractivity contribution in [2.24, 2.45) is 0 Å². The van der Waals surface area contributed by atoms with Gasteiger partial charge in [0.25, 0.3) is 0 Å². The van der Waals surface area contributed by atoms with Crippen molar-refractivity contribution in [3.8, 4) is 0 Å². The second-order valence-electron chi connectivity index (χ2n) is 18.7. The summed E-state index contributed by atoms with van der Waals surface area (Å²) in [6.07, 6.45) is 61.2. The smallest absolute Gasteiger partial charge is 0.462 e. The van der Waals surface area contributed by atoms with Gasteiger partial charge in [0.15, 0.2) is 6.10 Å². The van der Waals surface area contributed by atoms with E-state index in [4.69, 9.17) is 23.3 Å². The van der Waals surface area contributed by atoms with Crippen LogP contribution in [0.3, 0.4) is 0 Å². The summed E-state index contributed by atoms with van der Waals surface area (Å²) in [5.74, 6) is -1.53. The number of rotatable bonds is 52. The van der Waals surface area contributed by atoms with Crippen LogP contribution in [0.1, 0.15) is 239 Å². The quantitative estimate of drug-likeness (QED) is 0.0197. The molecule has 0 radical (unpaired) electrons. The van der Waals surface area contributed by atoms with Gasteiger partial charge in [-0.1, -0.05) is 215 Å². The zero-order valence-electron chi connectivity index (χ0n) is 45.6. The number of hydrogen-bond donors (Lipinski definition) is 2. The van der Waals surface area contributed by atoms with E-state index in [9.17, 15) is 28.9 Å². The highest BCUT2D eigenvalue weighted by Gasteiger charge is 2.28. The van der Waals surface area contributed by atoms with Gasteiger partial charge in [0.2, 0.25) is 0 Å². The molecule has 0 aromatic rings. The maximum absolute atomic E-state index is 12.9. The molecule has 0 aliphatic heterocycles. The van der Waals surface area contributed by atoms with Crippen molar-refractivity contribution in [2.75, 3.05) is 26.4 Å². The largest absolute Gasteiger partial charge is 0.472 e. The van der Waals surface area contributed by atoms with Gasteiger partial charge in [-0.2, -0.15) is 0 Å². The molecule has 0 fully saturated rings. The van der Waals surface area contributed by atoms with Crippen molar-refractivity contribution in [1.29, 1.82) is 0 Å². The molecule has 0 bridgehead atoms. The first kappa shape index (κ1) is 68.7. The summed E-state index contributed by atoms with van der Waals surface area (Å²) >= 11 is 0. The number of aliphatic hydroxyl groups is 1. The summed E-state index contributed by atoms with van der Waals surface area (Å²) in [5.41, 5.74) is 0. The summed E-state index contributed by atoms with van der Waals surface area (Å²) in [5, 5.41) is 9.81.